The minimum atomic E-state index is 0.456. The van der Waals surface area contributed by atoms with Gasteiger partial charge in [0.2, 0.25) is 0 Å². The Morgan fingerprint density at radius 2 is 2.20 bits per heavy atom. The van der Waals surface area contributed by atoms with Crippen LogP contribution in [0.5, 0.6) is 5.88 Å². The summed E-state index contributed by atoms with van der Waals surface area (Å²) in [5.41, 5.74) is 0.640. The fourth-order valence-electron chi connectivity index (χ4n) is 0.717. The maximum atomic E-state index is 5.06. The Kier molecular flexibility index (Phi) is 1.06. The SMILES string of the molecule is C1=Cc2nnnnc2OC1. The highest BCUT2D eigenvalue weighted by Crippen LogP contribution is 2.14. The molecule has 50 valence electrons. The third kappa shape index (κ3) is 0.717. The zero-order valence-electron chi connectivity index (χ0n) is 5.06. The molecule has 0 radical (unpaired) electrons. The van der Waals surface area contributed by atoms with E-state index >= 15 is 0 Å². The van der Waals surface area contributed by atoms with E-state index in [0.717, 1.165) is 0 Å². The number of hydrogen-bond acceptors (Lipinski definition) is 5. The van der Waals surface area contributed by atoms with Crippen LogP contribution in [0.1, 0.15) is 5.69 Å². The molecule has 1 aliphatic heterocycles. The molecule has 1 aliphatic rings. The number of nitrogens with zero attached hydrogens (tertiary/aromatic N) is 4. The zero-order valence-corrected chi connectivity index (χ0v) is 5.06. The molecule has 0 aliphatic carbocycles. The van der Waals surface area contributed by atoms with Gasteiger partial charge in [-0.3, -0.25) is 0 Å². The minimum absolute atomic E-state index is 0.456. The lowest BCUT2D eigenvalue weighted by Gasteiger charge is -2.05. The summed E-state index contributed by atoms with van der Waals surface area (Å²) in [5.74, 6) is 0.456. The average Bonchev–Trinajstić information content (AvgIpc) is 2.05. The summed E-state index contributed by atoms with van der Waals surface area (Å²) in [7, 11) is 0. The van der Waals surface area contributed by atoms with Gasteiger partial charge in [-0.25, -0.2) is 0 Å². The van der Waals surface area contributed by atoms with Gasteiger partial charge in [0.05, 0.1) is 0 Å². The lowest BCUT2D eigenvalue weighted by atomic mass is 10.3. The zero-order chi connectivity index (χ0) is 6.81. The highest BCUT2D eigenvalue weighted by atomic mass is 16.5. The second-order valence-corrected chi connectivity index (χ2v) is 1.78. The molecule has 2 heterocycles. The molecule has 0 bridgehead atoms. The van der Waals surface area contributed by atoms with Gasteiger partial charge in [-0.2, -0.15) is 0 Å². The maximum Gasteiger partial charge on any atom is 0.263 e. The number of ether oxygens (including phenoxy) is 1. The van der Waals surface area contributed by atoms with Crippen molar-refractivity contribution in [3.05, 3.63) is 11.8 Å². The van der Waals surface area contributed by atoms with Crippen LogP contribution in [-0.4, -0.2) is 27.2 Å². The van der Waals surface area contributed by atoms with E-state index in [1.54, 1.807) is 6.08 Å². The minimum Gasteiger partial charge on any atom is -0.471 e. The van der Waals surface area contributed by atoms with Crippen molar-refractivity contribution in [3.63, 3.8) is 0 Å². The third-order valence-corrected chi connectivity index (χ3v) is 1.14. The van der Waals surface area contributed by atoms with Gasteiger partial charge in [-0.05, 0) is 22.6 Å². The molecule has 0 aromatic carbocycles. The van der Waals surface area contributed by atoms with E-state index in [-0.39, 0.29) is 0 Å². The van der Waals surface area contributed by atoms with Crippen LogP contribution in [0.3, 0.4) is 0 Å². The van der Waals surface area contributed by atoms with Gasteiger partial charge in [0.1, 0.15) is 6.61 Å². The summed E-state index contributed by atoms with van der Waals surface area (Å²) < 4.78 is 5.06. The van der Waals surface area contributed by atoms with Crippen LogP contribution < -0.4 is 4.74 Å². The molecule has 5 nitrogen and oxygen atoms in total. The first-order valence-electron chi connectivity index (χ1n) is 2.82. The van der Waals surface area contributed by atoms with Crippen molar-refractivity contribution in [2.75, 3.05) is 6.61 Å². The Morgan fingerprint density at radius 3 is 3.10 bits per heavy atom. The van der Waals surface area contributed by atoms with Gasteiger partial charge in [-0.1, -0.05) is 5.10 Å². The van der Waals surface area contributed by atoms with Gasteiger partial charge in [0.15, 0.2) is 5.69 Å². The summed E-state index contributed by atoms with van der Waals surface area (Å²) in [6.07, 6.45) is 3.65. The van der Waals surface area contributed by atoms with Crippen LogP contribution in [0.4, 0.5) is 0 Å². The molecule has 0 spiro atoms. The summed E-state index contributed by atoms with van der Waals surface area (Å²) in [6, 6.07) is 0. The number of aromatic nitrogens is 4. The Hall–Kier alpha value is -1.52. The quantitative estimate of drug-likeness (QED) is 0.488. The molecule has 0 saturated heterocycles. The molecule has 0 unspecified atom stereocenters. The molecular weight excluding hydrogens is 132 g/mol. The molecule has 0 amide bonds. The fourth-order valence-corrected chi connectivity index (χ4v) is 0.717. The standard InChI is InChI=1S/C5H4N4O/c1-2-4-5(10-3-1)7-9-8-6-4/h1-2H,3H2. The first kappa shape index (κ1) is 5.28. The van der Waals surface area contributed by atoms with Crippen molar-refractivity contribution in [2.45, 2.75) is 0 Å². The average molecular weight is 136 g/mol. The predicted octanol–water partition coefficient (Wildman–Crippen LogP) is -0.328. The topological polar surface area (TPSA) is 60.8 Å². The molecule has 0 N–H and O–H groups in total. The Labute approximate surface area is 56.7 Å². The number of hydrogen-bond donors (Lipinski definition) is 0. The van der Waals surface area contributed by atoms with Crippen LogP contribution in [0.15, 0.2) is 6.08 Å². The first-order valence-corrected chi connectivity index (χ1v) is 2.82. The Morgan fingerprint density at radius 1 is 1.30 bits per heavy atom. The molecule has 2 rings (SSSR count). The molecule has 1 aromatic rings. The molecule has 0 fully saturated rings. The van der Waals surface area contributed by atoms with E-state index in [2.05, 4.69) is 20.6 Å². The summed E-state index contributed by atoms with van der Waals surface area (Å²) in [4.78, 5) is 0. The van der Waals surface area contributed by atoms with Crippen LogP contribution in [-0.2, 0) is 0 Å². The van der Waals surface area contributed by atoms with Crippen LogP contribution in [0.2, 0.25) is 0 Å². The van der Waals surface area contributed by atoms with Gasteiger partial charge in [0.25, 0.3) is 5.88 Å². The monoisotopic (exact) mass is 136 g/mol. The molecular formula is C5H4N4O. The fraction of sp³-hybridized carbons (Fsp3) is 0.200. The molecule has 1 aromatic heterocycles. The van der Waals surface area contributed by atoms with Crippen molar-refractivity contribution in [1.82, 2.24) is 20.6 Å². The van der Waals surface area contributed by atoms with Crippen molar-refractivity contribution in [1.29, 1.82) is 0 Å². The largest absolute Gasteiger partial charge is 0.471 e. The molecule has 10 heavy (non-hydrogen) atoms. The lowest BCUT2D eigenvalue weighted by molar-refractivity contribution is 0.331. The third-order valence-electron chi connectivity index (χ3n) is 1.14. The van der Waals surface area contributed by atoms with E-state index in [1.807, 2.05) is 6.08 Å². The number of rotatable bonds is 0. The van der Waals surface area contributed by atoms with Gasteiger partial charge >= 0.3 is 0 Å². The van der Waals surface area contributed by atoms with Crippen LogP contribution in [0.25, 0.3) is 6.08 Å². The predicted molar refractivity (Wildman–Crippen MR) is 32.2 cm³/mol. The van der Waals surface area contributed by atoms with E-state index in [9.17, 15) is 0 Å². The van der Waals surface area contributed by atoms with E-state index in [1.165, 1.54) is 0 Å². The summed E-state index contributed by atoms with van der Waals surface area (Å²) in [6.45, 7) is 0.535. The second kappa shape index (κ2) is 2.02. The van der Waals surface area contributed by atoms with Gasteiger partial charge in [-0.15, -0.1) is 5.10 Å². The van der Waals surface area contributed by atoms with Gasteiger partial charge in [0, 0.05) is 0 Å². The van der Waals surface area contributed by atoms with Crippen LogP contribution >= 0.6 is 0 Å². The molecule has 0 atom stereocenters. The van der Waals surface area contributed by atoms with Crippen molar-refractivity contribution >= 4 is 6.08 Å². The van der Waals surface area contributed by atoms with Crippen LogP contribution in [0, 0.1) is 0 Å². The summed E-state index contributed by atoms with van der Waals surface area (Å²) in [5, 5.41) is 14.0. The van der Waals surface area contributed by atoms with Gasteiger partial charge < -0.3 is 4.74 Å². The summed E-state index contributed by atoms with van der Waals surface area (Å²) >= 11 is 0. The normalized spacial score (nSPS) is 14.0. The smallest absolute Gasteiger partial charge is 0.263 e. The highest BCUT2D eigenvalue weighted by Gasteiger charge is 2.07. The van der Waals surface area contributed by atoms with E-state index in [0.29, 0.717) is 18.2 Å². The van der Waals surface area contributed by atoms with Crippen molar-refractivity contribution < 1.29 is 4.74 Å². The van der Waals surface area contributed by atoms with Crippen molar-refractivity contribution in [3.8, 4) is 5.88 Å². The maximum absolute atomic E-state index is 5.06. The first-order chi connectivity index (χ1) is 4.97. The highest BCUT2D eigenvalue weighted by molar-refractivity contribution is 5.50. The van der Waals surface area contributed by atoms with E-state index < -0.39 is 0 Å². The number of fused-ring (bicyclic) bond motifs is 1. The lowest BCUT2D eigenvalue weighted by Crippen LogP contribution is -2.06. The Balaban J connectivity index is 2.54. The molecule has 0 saturated carbocycles. The molecule has 5 heteroatoms. The van der Waals surface area contributed by atoms with E-state index in [4.69, 9.17) is 4.74 Å². The second-order valence-electron chi connectivity index (χ2n) is 1.78. The van der Waals surface area contributed by atoms with Crippen molar-refractivity contribution in [2.24, 2.45) is 0 Å². The Bertz CT molecular complexity index is 272.